The molecule has 0 aliphatic carbocycles. The normalized spacial score (nSPS) is 11.3. The Morgan fingerprint density at radius 3 is 2.03 bits per heavy atom. The van der Waals surface area contributed by atoms with Crippen molar-refractivity contribution in [3.8, 4) is 0 Å². The van der Waals surface area contributed by atoms with Crippen LogP contribution in [0.1, 0.15) is 6.42 Å². The molecule has 1 amide bonds. The average molecular weight is 433 g/mol. The number of halogens is 2. The molecule has 0 aliphatic heterocycles. The summed E-state index contributed by atoms with van der Waals surface area (Å²) in [6, 6.07) is 16.1. The summed E-state index contributed by atoms with van der Waals surface area (Å²) in [5.74, 6) is 1.14. The van der Waals surface area contributed by atoms with Gasteiger partial charge in [0.1, 0.15) is 0 Å². The van der Waals surface area contributed by atoms with E-state index in [1.807, 2.05) is 36.4 Å². The van der Waals surface area contributed by atoms with Crippen molar-refractivity contribution in [2.45, 2.75) is 6.42 Å². The van der Waals surface area contributed by atoms with Gasteiger partial charge in [-0.3, -0.25) is 9.69 Å². The number of amides is 1. The lowest BCUT2D eigenvalue weighted by Crippen LogP contribution is -2.37. The third-order valence-electron chi connectivity index (χ3n) is 4.79. The van der Waals surface area contributed by atoms with Crippen molar-refractivity contribution < 1.29 is 4.79 Å². The van der Waals surface area contributed by atoms with E-state index in [9.17, 15) is 4.79 Å². The molecule has 0 saturated carbocycles. The van der Waals surface area contributed by atoms with E-state index < -0.39 is 0 Å². The second-order valence-corrected chi connectivity index (χ2v) is 7.52. The minimum absolute atomic E-state index is 0.0249. The predicted octanol–water partition coefficient (Wildman–Crippen LogP) is 4.09. The molecule has 0 saturated heterocycles. The van der Waals surface area contributed by atoms with Gasteiger partial charge in [0.2, 0.25) is 5.91 Å². The zero-order valence-corrected chi connectivity index (χ0v) is 17.8. The number of rotatable bonds is 11. The predicted molar refractivity (Wildman–Crippen MR) is 123 cm³/mol. The highest BCUT2D eigenvalue weighted by atomic mass is 35.5. The Balaban J connectivity index is 1.57. The van der Waals surface area contributed by atoms with Crippen molar-refractivity contribution in [1.82, 2.24) is 15.2 Å². The van der Waals surface area contributed by atoms with Gasteiger partial charge in [0, 0.05) is 61.7 Å². The standard InChI is InChI=1S/C22H26Cl2N4O/c23-10-14-28(15-11-24)16-13-25-21(29)9-12-26-22-17-5-1-3-7-19(17)27-20-8-4-2-6-18(20)22/h1-8H,9-16H2,(H,25,29)(H,26,27). The van der Waals surface area contributed by atoms with Gasteiger partial charge in [-0.05, 0) is 12.1 Å². The molecule has 1 heterocycles. The summed E-state index contributed by atoms with van der Waals surface area (Å²) in [5, 5.41) is 8.55. The number of pyridine rings is 1. The second-order valence-electron chi connectivity index (χ2n) is 6.77. The van der Waals surface area contributed by atoms with Crippen LogP contribution in [0.4, 0.5) is 5.69 Å². The molecule has 0 spiro atoms. The third-order valence-corrected chi connectivity index (χ3v) is 5.13. The van der Waals surface area contributed by atoms with Gasteiger partial charge >= 0.3 is 0 Å². The zero-order valence-electron chi connectivity index (χ0n) is 16.3. The summed E-state index contributed by atoms with van der Waals surface area (Å²) in [7, 11) is 0. The molecule has 0 fully saturated rings. The largest absolute Gasteiger partial charge is 0.383 e. The Bertz CT molecular complexity index is 890. The quantitative estimate of drug-likeness (QED) is 0.353. The summed E-state index contributed by atoms with van der Waals surface area (Å²) < 4.78 is 0. The van der Waals surface area contributed by atoms with Crippen LogP contribution in [0.3, 0.4) is 0 Å². The van der Waals surface area contributed by atoms with Crippen molar-refractivity contribution in [3.05, 3.63) is 48.5 Å². The molecule has 0 unspecified atom stereocenters. The lowest BCUT2D eigenvalue weighted by atomic mass is 10.1. The summed E-state index contributed by atoms with van der Waals surface area (Å²) in [6.07, 6.45) is 0.399. The number of hydrogen-bond donors (Lipinski definition) is 2. The lowest BCUT2D eigenvalue weighted by Gasteiger charge is -2.20. The van der Waals surface area contributed by atoms with Crippen LogP contribution in [0.25, 0.3) is 21.8 Å². The number of para-hydroxylation sites is 2. The third kappa shape index (κ3) is 5.95. The number of benzene rings is 2. The van der Waals surface area contributed by atoms with Gasteiger partial charge in [0.05, 0.1) is 16.7 Å². The van der Waals surface area contributed by atoms with Gasteiger partial charge in [-0.15, -0.1) is 23.2 Å². The van der Waals surface area contributed by atoms with Crippen molar-refractivity contribution in [3.63, 3.8) is 0 Å². The summed E-state index contributed by atoms with van der Waals surface area (Å²) in [4.78, 5) is 19.1. The van der Waals surface area contributed by atoms with Crippen LogP contribution in [0.2, 0.25) is 0 Å². The van der Waals surface area contributed by atoms with E-state index in [0.717, 1.165) is 47.1 Å². The number of nitrogens with zero attached hydrogens (tertiary/aromatic N) is 2. The second kappa shape index (κ2) is 11.2. The fourth-order valence-electron chi connectivity index (χ4n) is 3.35. The molecule has 2 aromatic carbocycles. The minimum Gasteiger partial charge on any atom is -0.383 e. The molecule has 7 heteroatoms. The van der Waals surface area contributed by atoms with Crippen LogP contribution in [-0.2, 0) is 4.79 Å². The van der Waals surface area contributed by atoms with Gasteiger partial charge in [0.25, 0.3) is 0 Å². The van der Waals surface area contributed by atoms with Crippen LogP contribution in [0, 0.1) is 0 Å². The molecule has 2 N–H and O–H groups in total. The van der Waals surface area contributed by atoms with Crippen molar-refractivity contribution in [1.29, 1.82) is 0 Å². The Morgan fingerprint density at radius 1 is 0.862 bits per heavy atom. The molecule has 3 rings (SSSR count). The Kier molecular flexibility index (Phi) is 8.35. The van der Waals surface area contributed by atoms with Crippen LogP contribution >= 0.6 is 23.2 Å². The maximum atomic E-state index is 12.2. The van der Waals surface area contributed by atoms with Crippen molar-refractivity contribution in [2.24, 2.45) is 0 Å². The van der Waals surface area contributed by atoms with E-state index in [1.165, 1.54) is 0 Å². The number of hydrogen-bond acceptors (Lipinski definition) is 4. The first kappa shape index (κ1) is 21.6. The van der Waals surface area contributed by atoms with Crippen molar-refractivity contribution >= 4 is 56.6 Å². The highest BCUT2D eigenvalue weighted by Gasteiger charge is 2.09. The monoisotopic (exact) mass is 432 g/mol. The minimum atomic E-state index is 0.0249. The molecule has 154 valence electrons. The van der Waals surface area contributed by atoms with E-state index in [2.05, 4.69) is 27.7 Å². The summed E-state index contributed by atoms with van der Waals surface area (Å²) in [5.41, 5.74) is 2.91. The number of aromatic nitrogens is 1. The maximum absolute atomic E-state index is 12.2. The first-order chi connectivity index (χ1) is 14.2. The fourth-order valence-corrected chi connectivity index (χ4v) is 3.83. The molecule has 0 radical (unpaired) electrons. The molecule has 1 aromatic heterocycles. The molecule has 0 atom stereocenters. The highest BCUT2D eigenvalue weighted by Crippen LogP contribution is 2.30. The highest BCUT2D eigenvalue weighted by molar-refractivity contribution is 6.18. The number of anilines is 1. The zero-order chi connectivity index (χ0) is 20.5. The molecule has 0 aliphatic rings. The number of nitrogens with one attached hydrogen (secondary N) is 2. The Hall–Kier alpha value is -2.08. The molecule has 0 bridgehead atoms. The molecule has 29 heavy (non-hydrogen) atoms. The average Bonchev–Trinajstić information content (AvgIpc) is 2.73. The van der Waals surface area contributed by atoms with E-state index in [0.29, 0.717) is 31.3 Å². The van der Waals surface area contributed by atoms with Crippen LogP contribution in [0.5, 0.6) is 0 Å². The topological polar surface area (TPSA) is 57.3 Å². The van der Waals surface area contributed by atoms with Gasteiger partial charge in [-0.1, -0.05) is 36.4 Å². The Morgan fingerprint density at radius 2 is 1.45 bits per heavy atom. The molecule has 3 aromatic rings. The first-order valence-electron chi connectivity index (χ1n) is 9.85. The van der Waals surface area contributed by atoms with Gasteiger partial charge in [0.15, 0.2) is 0 Å². The van der Waals surface area contributed by atoms with E-state index in [4.69, 9.17) is 28.2 Å². The van der Waals surface area contributed by atoms with Crippen LogP contribution in [-0.4, -0.2) is 60.3 Å². The number of fused-ring (bicyclic) bond motifs is 2. The fraction of sp³-hybridized carbons (Fsp3) is 0.364. The van der Waals surface area contributed by atoms with Gasteiger partial charge in [-0.2, -0.15) is 0 Å². The maximum Gasteiger partial charge on any atom is 0.221 e. The smallest absolute Gasteiger partial charge is 0.221 e. The van der Waals surface area contributed by atoms with Crippen LogP contribution in [0.15, 0.2) is 48.5 Å². The van der Waals surface area contributed by atoms with E-state index >= 15 is 0 Å². The number of carbonyl (C=O) groups excluding carboxylic acids is 1. The van der Waals surface area contributed by atoms with E-state index in [-0.39, 0.29) is 5.91 Å². The SMILES string of the molecule is O=C(CCNc1c2ccccc2nc2ccccc12)NCCN(CCCl)CCCl. The van der Waals surface area contributed by atoms with Gasteiger partial charge < -0.3 is 10.6 Å². The van der Waals surface area contributed by atoms with Crippen molar-refractivity contribution in [2.75, 3.05) is 49.8 Å². The molecular weight excluding hydrogens is 407 g/mol. The number of alkyl halides is 2. The van der Waals surface area contributed by atoms with E-state index in [1.54, 1.807) is 0 Å². The summed E-state index contributed by atoms with van der Waals surface area (Å²) in [6.45, 7) is 3.44. The molecule has 5 nitrogen and oxygen atoms in total. The molecular formula is C22H26Cl2N4O. The lowest BCUT2D eigenvalue weighted by molar-refractivity contribution is -0.120. The number of carbonyl (C=O) groups is 1. The Labute approximate surface area is 181 Å². The summed E-state index contributed by atoms with van der Waals surface area (Å²) >= 11 is 11.6. The first-order valence-corrected chi connectivity index (χ1v) is 10.9. The van der Waals surface area contributed by atoms with Crippen LogP contribution < -0.4 is 10.6 Å². The van der Waals surface area contributed by atoms with Gasteiger partial charge in [-0.25, -0.2) is 4.98 Å².